The van der Waals surface area contributed by atoms with Crippen molar-refractivity contribution in [3.63, 3.8) is 0 Å². The lowest BCUT2D eigenvalue weighted by Crippen LogP contribution is -2.12. The lowest BCUT2D eigenvalue weighted by molar-refractivity contribution is 0.628. The molecule has 0 fully saturated rings. The van der Waals surface area contributed by atoms with E-state index >= 15 is 0 Å². The zero-order valence-electron chi connectivity index (χ0n) is 19.6. The molecule has 2 nitrogen and oxygen atoms in total. The predicted octanol–water partition coefficient (Wildman–Crippen LogP) is 8.80. The molecule has 0 bridgehead atoms. The molecule has 0 saturated heterocycles. The Labute approximate surface area is 209 Å². The molecule has 5 aromatic rings. The van der Waals surface area contributed by atoms with Crippen LogP contribution in [0, 0.1) is 11.6 Å². The molecule has 176 valence electrons. The van der Waals surface area contributed by atoms with Crippen LogP contribution in [-0.2, 0) is 6.42 Å². The highest BCUT2D eigenvalue weighted by molar-refractivity contribution is 5.79. The Morgan fingerprint density at radius 1 is 0.528 bits per heavy atom. The molecule has 1 aliphatic heterocycles. The van der Waals surface area contributed by atoms with Crippen LogP contribution in [0.25, 0.3) is 11.1 Å². The summed E-state index contributed by atoms with van der Waals surface area (Å²) in [5, 5.41) is 0. The average Bonchev–Trinajstić information content (AvgIpc) is 3.36. The van der Waals surface area contributed by atoms with Crippen LogP contribution >= 0.6 is 0 Å². The minimum atomic E-state index is -0.297. The van der Waals surface area contributed by atoms with Crippen LogP contribution in [0.15, 0.2) is 121 Å². The first kappa shape index (κ1) is 22.1. The van der Waals surface area contributed by atoms with Crippen LogP contribution in [0.1, 0.15) is 5.56 Å². The summed E-state index contributed by atoms with van der Waals surface area (Å²) >= 11 is 0. The normalized spacial score (nSPS) is 12.4. The fraction of sp³-hybridized carbons (Fsp3) is 0.0625. The number of anilines is 5. The fourth-order valence-electron chi connectivity index (χ4n) is 4.87. The Morgan fingerprint density at radius 2 is 1.00 bits per heavy atom. The first-order valence-electron chi connectivity index (χ1n) is 12.0. The van der Waals surface area contributed by atoms with E-state index in [4.69, 9.17) is 0 Å². The molecule has 0 aromatic heterocycles. The SMILES string of the molecule is Fc1ccc(N(c2ccc(F)cc2)c2ccc(-c3ccc(N4CCc5ccccc54)cc3)cc2)cc1. The van der Waals surface area contributed by atoms with Crippen LogP contribution in [0.3, 0.4) is 0 Å². The van der Waals surface area contributed by atoms with Crippen molar-refractivity contribution in [1.29, 1.82) is 0 Å². The van der Waals surface area contributed by atoms with Gasteiger partial charge in [-0.25, -0.2) is 8.78 Å². The van der Waals surface area contributed by atoms with Gasteiger partial charge in [0.15, 0.2) is 0 Å². The van der Waals surface area contributed by atoms with Crippen molar-refractivity contribution in [2.45, 2.75) is 6.42 Å². The zero-order chi connectivity index (χ0) is 24.5. The molecule has 0 saturated carbocycles. The van der Waals surface area contributed by atoms with Crippen molar-refractivity contribution in [3.8, 4) is 11.1 Å². The Balaban J connectivity index is 1.29. The first-order valence-corrected chi connectivity index (χ1v) is 12.0. The molecule has 1 heterocycles. The molecule has 6 rings (SSSR count). The van der Waals surface area contributed by atoms with Gasteiger partial charge in [-0.3, -0.25) is 0 Å². The van der Waals surface area contributed by atoms with Gasteiger partial charge in [-0.1, -0.05) is 42.5 Å². The molecule has 4 heteroatoms. The molecule has 36 heavy (non-hydrogen) atoms. The second kappa shape index (κ2) is 9.31. The van der Waals surface area contributed by atoms with Gasteiger partial charge in [0.05, 0.1) is 0 Å². The predicted molar refractivity (Wildman–Crippen MR) is 144 cm³/mol. The number of rotatable bonds is 5. The third-order valence-electron chi connectivity index (χ3n) is 6.69. The van der Waals surface area contributed by atoms with Gasteiger partial charge in [0.25, 0.3) is 0 Å². The number of halogens is 2. The number of hydrogen-bond donors (Lipinski definition) is 0. The third-order valence-corrected chi connectivity index (χ3v) is 6.69. The van der Waals surface area contributed by atoms with Crippen molar-refractivity contribution >= 4 is 28.4 Å². The minimum Gasteiger partial charge on any atom is -0.341 e. The molecule has 5 aromatic carbocycles. The molecule has 0 spiro atoms. The Kier molecular flexibility index (Phi) is 5.70. The van der Waals surface area contributed by atoms with E-state index in [1.165, 1.54) is 41.2 Å². The monoisotopic (exact) mass is 474 g/mol. The van der Waals surface area contributed by atoms with Gasteiger partial charge < -0.3 is 9.80 Å². The summed E-state index contributed by atoms with van der Waals surface area (Å²) in [6.45, 7) is 0.996. The van der Waals surface area contributed by atoms with E-state index < -0.39 is 0 Å². The van der Waals surface area contributed by atoms with Crippen molar-refractivity contribution in [1.82, 2.24) is 0 Å². The number of fused-ring (bicyclic) bond motifs is 1. The first-order chi connectivity index (χ1) is 17.7. The molecule has 0 amide bonds. The quantitative estimate of drug-likeness (QED) is 0.251. The number of nitrogens with zero attached hydrogens (tertiary/aromatic N) is 2. The van der Waals surface area contributed by atoms with E-state index in [0.29, 0.717) is 0 Å². The minimum absolute atomic E-state index is 0.297. The van der Waals surface area contributed by atoms with Gasteiger partial charge in [0.2, 0.25) is 0 Å². The van der Waals surface area contributed by atoms with E-state index in [9.17, 15) is 8.78 Å². The van der Waals surface area contributed by atoms with E-state index in [1.54, 1.807) is 24.3 Å². The summed E-state index contributed by atoms with van der Waals surface area (Å²) in [5.74, 6) is -0.594. The summed E-state index contributed by atoms with van der Waals surface area (Å²) < 4.78 is 27.2. The lowest BCUT2D eigenvalue weighted by atomic mass is 10.0. The van der Waals surface area contributed by atoms with Gasteiger partial charge >= 0.3 is 0 Å². The molecule has 0 aliphatic carbocycles. The van der Waals surface area contributed by atoms with E-state index in [0.717, 1.165) is 41.2 Å². The van der Waals surface area contributed by atoms with E-state index in [-0.39, 0.29) is 11.6 Å². The molecule has 0 atom stereocenters. The van der Waals surface area contributed by atoms with Crippen molar-refractivity contribution in [2.24, 2.45) is 0 Å². The Hall–Kier alpha value is -4.44. The van der Waals surface area contributed by atoms with Crippen LogP contribution in [0.5, 0.6) is 0 Å². The summed E-state index contributed by atoms with van der Waals surface area (Å²) in [6, 6.07) is 38.1. The lowest BCUT2D eigenvalue weighted by Gasteiger charge is -2.25. The van der Waals surface area contributed by atoms with E-state index in [2.05, 4.69) is 65.6 Å². The average molecular weight is 475 g/mol. The van der Waals surface area contributed by atoms with Crippen LogP contribution < -0.4 is 9.80 Å². The van der Waals surface area contributed by atoms with Gasteiger partial charge in [0.1, 0.15) is 11.6 Å². The second-order valence-corrected chi connectivity index (χ2v) is 8.91. The number of para-hydroxylation sites is 1. The topological polar surface area (TPSA) is 6.48 Å². The maximum absolute atomic E-state index is 13.6. The summed E-state index contributed by atoms with van der Waals surface area (Å²) in [6.07, 6.45) is 1.07. The van der Waals surface area contributed by atoms with Gasteiger partial charge in [-0.2, -0.15) is 0 Å². The summed E-state index contributed by atoms with van der Waals surface area (Å²) in [5.41, 5.74) is 8.61. The summed E-state index contributed by atoms with van der Waals surface area (Å²) in [7, 11) is 0. The molecule has 1 aliphatic rings. The van der Waals surface area contributed by atoms with Gasteiger partial charge in [-0.15, -0.1) is 0 Å². The molecule has 0 unspecified atom stereocenters. The van der Waals surface area contributed by atoms with Gasteiger partial charge in [0, 0.05) is 35.0 Å². The largest absolute Gasteiger partial charge is 0.341 e. The summed E-state index contributed by atoms with van der Waals surface area (Å²) in [4.78, 5) is 4.35. The molecule has 0 radical (unpaired) electrons. The van der Waals surface area contributed by atoms with Crippen molar-refractivity contribution in [3.05, 3.63) is 139 Å². The number of hydrogen-bond acceptors (Lipinski definition) is 2. The highest BCUT2D eigenvalue weighted by Gasteiger charge is 2.19. The van der Waals surface area contributed by atoms with Crippen molar-refractivity contribution < 1.29 is 8.78 Å². The van der Waals surface area contributed by atoms with Crippen LogP contribution in [-0.4, -0.2) is 6.54 Å². The maximum Gasteiger partial charge on any atom is 0.123 e. The van der Waals surface area contributed by atoms with Crippen LogP contribution in [0.4, 0.5) is 37.2 Å². The smallest absolute Gasteiger partial charge is 0.123 e. The Bertz CT molecular complexity index is 1430. The maximum atomic E-state index is 13.6. The standard InChI is InChI=1S/C32H24F2N2/c33-26-9-17-30(18-10-26)36(31-19-11-27(34)12-20-31)29-15-7-24(8-16-29)23-5-13-28(14-6-23)35-22-21-25-3-1-2-4-32(25)35/h1-20H,21-22H2. The Morgan fingerprint density at radius 3 is 1.56 bits per heavy atom. The fourth-order valence-corrected chi connectivity index (χ4v) is 4.87. The molecular formula is C32H24F2N2. The van der Waals surface area contributed by atoms with E-state index in [1.807, 2.05) is 17.0 Å². The van der Waals surface area contributed by atoms with Gasteiger partial charge in [-0.05, 0) is 102 Å². The number of benzene rings is 5. The molecule has 0 N–H and O–H groups in total. The highest BCUT2D eigenvalue weighted by Crippen LogP contribution is 2.37. The van der Waals surface area contributed by atoms with Crippen LogP contribution in [0.2, 0.25) is 0 Å². The highest BCUT2D eigenvalue weighted by atomic mass is 19.1. The van der Waals surface area contributed by atoms with Crippen molar-refractivity contribution in [2.75, 3.05) is 16.3 Å². The third kappa shape index (κ3) is 4.22. The zero-order valence-corrected chi connectivity index (χ0v) is 19.6. The second-order valence-electron chi connectivity index (χ2n) is 8.91. The molecular weight excluding hydrogens is 450 g/mol.